The number of carbonyl (C=O) groups excluding carboxylic acids is 2. The molecule has 36 heavy (non-hydrogen) atoms. The molecule has 188 valence electrons. The lowest BCUT2D eigenvalue weighted by atomic mass is 10.0. The van der Waals surface area contributed by atoms with E-state index in [4.69, 9.17) is 10.5 Å². The lowest BCUT2D eigenvalue weighted by Gasteiger charge is -2.23. The number of anilines is 3. The van der Waals surface area contributed by atoms with Crippen LogP contribution in [0, 0.1) is 5.82 Å². The van der Waals surface area contributed by atoms with E-state index < -0.39 is 23.3 Å². The van der Waals surface area contributed by atoms with Crippen LogP contribution in [0.4, 0.5) is 21.5 Å². The zero-order valence-corrected chi connectivity index (χ0v) is 20.3. The van der Waals surface area contributed by atoms with Gasteiger partial charge < -0.3 is 30.7 Å². The number of ketones is 1. The van der Waals surface area contributed by atoms with Gasteiger partial charge in [0.05, 0.1) is 18.4 Å². The van der Waals surface area contributed by atoms with Crippen molar-refractivity contribution in [2.45, 2.75) is 6.42 Å². The Morgan fingerprint density at radius 3 is 2.42 bits per heavy atom. The minimum atomic E-state index is -0.706. The molecule has 1 heterocycles. The summed E-state index contributed by atoms with van der Waals surface area (Å²) in [6.07, 6.45) is 1.06. The molecule has 4 N–H and O–H groups in total. The van der Waals surface area contributed by atoms with E-state index >= 15 is 0 Å². The first-order valence-corrected chi connectivity index (χ1v) is 11.6. The number of ether oxygens (including phenoxy) is 1. The summed E-state index contributed by atoms with van der Waals surface area (Å²) in [6.45, 7) is 3.88. The molecule has 0 aliphatic carbocycles. The number of likely N-dealkylation sites (N-methyl/N-ethyl adjacent to an activating group) is 1. The second-order valence-electron chi connectivity index (χ2n) is 8.75. The zero-order valence-electron chi connectivity index (χ0n) is 20.3. The number of aromatic hydroxyl groups is 1. The number of hydrogen-bond donors (Lipinski definition) is 3. The fourth-order valence-corrected chi connectivity index (χ4v) is 4.20. The van der Waals surface area contributed by atoms with E-state index in [0.29, 0.717) is 5.56 Å². The minimum absolute atomic E-state index is 0.00442. The van der Waals surface area contributed by atoms with E-state index in [1.165, 1.54) is 31.4 Å². The van der Waals surface area contributed by atoms with Gasteiger partial charge in [0.2, 0.25) is 0 Å². The predicted octanol–water partition coefficient (Wildman–Crippen LogP) is 3.75. The summed E-state index contributed by atoms with van der Waals surface area (Å²) < 4.78 is 19.0. The Morgan fingerprint density at radius 2 is 1.72 bits per heavy atom. The first kappa shape index (κ1) is 25.0. The molecule has 0 aromatic heterocycles. The van der Waals surface area contributed by atoms with Crippen LogP contribution in [-0.2, 0) is 0 Å². The van der Waals surface area contributed by atoms with E-state index in [0.717, 1.165) is 44.4 Å². The summed E-state index contributed by atoms with van der Waals surface area (Å²) in [4.78, 5) is 30.4. The average molecular weight is 493 g/mol. The fourth-order valence-electron chi connectivity index (χ4n) is 4.20. The number of nitrogens with two attached hydrogens (primary N) is 1. The number of hydrogen-bond acceptors (Lipinski definition) is 7. The van der Waals surface area contributed by atoms with Crippen molar-refractivity contribution in [2.24, 2.45) is 0 Å². The largest absolute Gasteiger partial charge is 0.505 e. The molecule has 1 amide bonds. The Morgan fingerprint density at radius 1 is 1.00 bits per heavy atom. The van der Waals surface area contributed by atoms with Crippen molar-refractivity contribution in [3.63, 3.8) is 0 Å². The smallest absolute Gasteiger partial charge is 0.255 e. The lowest BCUT2D eigenvalue weighted by molar-refractivity contribution is 0.101. The van der Waals surface area contributed by atoms with Gasteiger partial charge in [-0.2, -0.15) is 0 Å². The Bertz CT molecular complexity index is 1280. The number of halogens is 1. The van der Waals surface area contributed by atoms with E-state index in [-0.39, 0.29) is 28.3 Å². The minimum Gasteiger partial charge on any atom is -0.505 e. The van der Waals surface area contributed by atoms with E-state index in [2.05, 4.69) is 22.2 Å². The molecule has 0 spiro atoms. The van der Waals surface area contributed by atoms with Gasteiger partial charge in [0.1, 0.15) is 5.69 Å². The highest BCUT2D eigenvalue weighted by Gasteiger charge is 2.21. The number of methoxy groups -OCH3 is 1. The third-order valence-corrected chi connectivity index (χ3v) is 6.32. The fraction of sp³-hybridized carbons (Fsp3) is 0.259. The van der Waals surface area contributed by atoms with Crippen LogP contribution in [0.5, 0.6) is 11.5 Å². The molecule has 8 nitrogen and oxygen atoms in total. The van der Waals surface area contributed by atoms with Gasteiger partial charge in [-0.15, -0.1) is 0 Å². The number of nitrogens with zero attached hydrogens (tertiary/aromatic N) is 2. The third kappa shape index (κ3) is 5.26. The third-order valence-electron chi connectivity index (χ3n) is 6.32. The zero-order chi connectivity index (χ0) is 25.8. The summed E-state index contributed by atoms with van der Waals surface area (Å²) in [5, 5.41) is 13.4. The molecule has 3 aromatic carbocycles. The molecule has 0 saturated carbocycles. The molecular formula is C27H29FN4O4. The van der Waals surface area contributed by atoms with Gasteiger partial charge in [-0.3, -0.25) is 9.59 Å². The molecule has 0 radical (unpaired) electrons. The lowest BCUT2D eigenvalue weighted by Crippen LogP contribution is -2.28. The van der Waals surface area contributed by atoms with E-state index in [1.807, 2.05) is 12.1 Å². The number of phenolic OH excluding ortho intramolecular Hbond substituents is 1. The monoisotopic (exact) mass is 492 g/mol. The molecule has 0 atom stereocenters. The number of rotatable bonds is 6. The van der Waals surface area contributed by atoms with E-state index in [1.54, 1.807) is 12.1 Å². The van der Waals surface area contributed by atoms with Crippen molar-refractivity contribution in [1.29, 1.82) is 0 Å². The second-order valence-corrected chi connectivity index (χ2v) is 8.75. The van der Waals surface area contributed by atoms with Crippen molar-refractivity contribution in [1.82, 2.24) is 4.90 Å². The van der Waals surface area contributed by atoms with Gasteiger partial charge in [-0.25, -0.2) is 4.39 Å². The highest BCUT2D eigenvalue weighted by Crippen LogP contribution is 2.35. The van der Waals surface area contributed by atoms with Gasteiger partial charge in [0.15, 0.2) is 23.1 Å². The summed E-state index contributed by atoms with van der Waals surface area (Å²) in [7, 11) is 3.43. The Kier molecular flexibility index (Phi) is 7.40. The van der Waals surface area contributed by atoms with Gasteiger partial charge in [0.25, 0.3) is 5.91 Å². The van der Waals surface area contributed by atoms with Crippen LogP contribution in [0.2, 0.25) is 0 Å². The Labute approximate surface area is 209 Å². The van der Waals surface area contributed by atoms with Crippen LogP contribution in [-0.4, -0.2) is 62.0 Å². The maximum absolute atomic E-state index is 14.1. The van der Waals surface area contributed by atoms with Crippen LogP contribution < -0.4 is 20.7 Å². The molecule has 1 aliphatic rings. The summed E-state index contributed by atoms with van der Waals surface area (Å²) >= 11 is 0. The highest BCUT2D eigenvalue weighted by molar-refractivity contribution is 6.14. The molecule has 1 fully saturated rings. The maximum Gasteiger partial charge on any atom is 0.255 e. The van der Waals surface area contributed by atoms with Crippen molar-refractivity contribution in [3.05, 3.63) is 77.1 Å². The summed E-state index contributed by atoms with van der Waals surface area (Å²) in [6, 6.07) is 13.7. The maximum atomic E-state index is 14.1. The van der Waals surface area contributed by atoms with Crippen LogP contribution in [0.3, 0.4) is 0 Å². The van der Waals surface area contributed by atoms with Gasteiger partial charge in [-0.1, -0.05) is 0 Å². The first-order chi connectivity index (χ1) is 17.3. The van der Waals surface area contributed by atoms with Gasteiger partial charge >= 0.3 is 0 Å². The molecule has 1 aliphatic heterocycles. The second kappa shape index (κ2) is 10.7. The normalized spacial score (nSPS) is 14.2. The van der Waals surface area contributed by atoms with E-state index in [9.17, 15) is 19.1 Å². The highest BCUT2D eigenvalue weighted by atomic mass is 19.1. The molecular weight excluding hydrogens is 463 g/mol. The molecule has 1 saturated heterocycles. The molecule has 4 rings (SSSR count). The molecule has 0 bridgehead atoms. The van der Waals surface area contributed by atoms with Crippen molar-refractivity contribution < 1.29 is 23.8 Å². The van der Waals surface area contributed by atoms with Crippen molar-refractivity contribution in [2.75, 3.05) is 56.3 Å². The topological polar surface area (TPSA) is 108 Å². The summed E-state index contributed by atoms with van der Waals surface area (Å²) in [5.74, 6) is -2.32. The number of benzene rings is 3. The predicted molar refractivity (Wildman–Crippen MR) is 138 cm³/mol. The number of amides is 1. The first-order valence-electron chi connectivity index (χ1n) is 11.6. The Balaban J connectivity index is 1.53. The van der Waals surface area contributed by atoms with Crippen LogP contribution >= 0.6 is 0 Å². The van der Waals surface area contributed by atoms with Crippen molar-refractivity contribution >= 4 is 28.8 Å². The number of phenols is 1. The molecule has 9 heteroatoms. The van der Waals surface area contributed by atoms with Crippen LogP contribution in [0.15, 0.2) is 54.6 Å². The van der Waals surface area contributed by atoms with Crippen LogP contribution in [0.25, 0.3) is 0 Å². The summed E-state index contributed by atoms with van der Waals surface area (Å²) in [5.41, 5.74) is 7.29. The van der Waals surface area contributed by atoms with Crippen LogP contribution in [0.1, 0.15) is 32.7 Å². The Hall–Kier alpha value is -4.11. The standard InChI is InChI=1S/C27H29FN4O4/c1-31-12-3-13-32(15-14-31)19-7-4-17(5-8-19)27(35)30-24-22(29)10-9-20(26(24)34)25(33)18-6-11-23(36-2)21(28)16-18/h4-11,16,34H,3,12-15,29H2,1-2H3,(H,30,35). The quantitative estimate of drug-likeness (QED) is 0.273. The number of carbonyl (C=O) groups is 2. The molecule has 3 aromatic rings. The van der Waals surface area contributed by atoms with Gasteiger partial charge in [0, 0.05) is 36.4 Å². The SMILES string of the molecule is COc1ccc(C(=O)c2ccc(N)c(NC(=O)c3ccc(N4CCCN(C)CC4)cc3)c2O)cc1F. The van der Waals surface area contributed by atoms with Gasteiger partial charge in [-0.05, 0) is 74.6 Å². The number of nitrogen functional groups attached to an aromatic ring is 1. The number of nitrogens with one attached hydrogen (secondary N) is 1. The average Bonchev–Trinajstić information content (AvgIpc) is 3.10. The molecule has 0 unspecified atom stereocenters. The van der Waals surface area contributed by atoms with Crippen molar-refractivity contribution in [3.8, 4) is 11.5 Å².